The van der Waals surface area contributed by atoms with Gasteiger partial charge in [-0.15, -0.1) is 11.3 Å². The lowest BCUT2D eigenvalue weighted by molar-refractivity contribution is 0.164. The number of hydrogen-bond donors (Lipinski definition) is 1. The first-order chi connectivity index (χ1) is 6.18. The smallest absolute Gasteiger partial charge is 0.0794 e. The fourth-order valence-electron chi connectivity index (χ4n) is 2.20. The van der Waals surface area contributed by atoms with E-state index in [4.69, 9.17) is 0 Å². The molecule has 1 aromatic rings. The van der Waals surface area contributed by atoms with Crippen molar-refractivity contribution < 1.29 is 5.11 Å². The number of aromatic nitrogens is 1. The highest BCUT2D eigenvalue weighted by Gasteiger charge is 2.34. The number of aliphatic hydroxyl groups is 1. The van der Waals surface area contributed by atoms with Gasteiger partial charge in [-0.25, -0.2) is 0 Å². The third kappa shape index (κ3) is 2.09. The Balaban J connectivity index is 2.01. The van der Waals surface area contributed by atoms with Crippen LogP contribution in [0.2, 0.25) is 0 Å². The Hall–Kier alpha value is -0.410. The maximum absolute atomic E-state index is 9.48. The molecule has 1 aliphatic carbocycles. The topological polar surface area (TPSA) is 33.1 Å². The second-order valence-electron chi connectivity index (χ2n) is 4.35. The van der Waals surface area contributed by atoms with E-state index in [9.17, 15) is 5.11 Å². The molecule has 2 unspecified atom stereocenters. The molecule has 72 valence electrons. The summed E-state index contributed by atoms with van der Waals surface area (Å²) in [7, 11) is 0. The molecular formula is C10H15NOS. The normalized spacial score (nSPS) is 33.8. The number of rotatable bonds is 2. The van der Waals surface area contributed by atoms with Crippen LogP contribution in [0.4, 0.5) is 0 Å². The molecule has 0 aromatic carbocycles. The van der Waals surface area contributed by atoms with Gasteiger partial charge in [-0.1, -0.05) is 6.92 Å². The standard InChI is InChI=1S/C10H15NOS/c1-10(3-2-8(12)4-10)5-9-6-11-7-13-9/h6-8,12H,2-5H2,1H3. The van der Waals surface area contributed by atoms with Gasteiger partial charge in [-0.3, -0.25) is 4.98 Å². The zero-order valence-electron chi connectivity index (χ0n) is 7.86. The van der Waals surface area contributed by atoms with Gasteiger partial charge in [0, 0.05) is 11.1 Å². The van der Waals surface area contributed by atoms with Gasteiger partial charge in [0.1, 0.15) is 0 Å². The Morgan fingerprint density at radius 3 is 3.15 bits per heavy atom. The summed E-state index contributed by atoms with van der Waals surface area (Å²) in [5.74, 6) is 0. The minimum atomic E-state index is -0.0714. The van der Waals surface area contributed by atoms with Gasteiger partial charge >= 0.3 is 0 Å². The quantitative estimate of drug-likeness (QED) is 0.788. The third-order valence-corrected chi connectivity index (χ3v) is 3.67. The van der Waals surface area contributed by atoms with Crippen LogP contribution in [0.3, 0.4) is 0 Å². The first-order valence-corrected chi connectivity index (χ1v) is 5.61. The fourth-order valence-corrected chi connectivity index (χ4v) is 3.01. The van der Waals surface area contributed by atoms with Gasteiger partial charge in [0.15, 0.2) is 0 Å². The van der Waals surface area contributed by atoms with E-state index < -0.39 is 0 Å². The molecule has 0 amide bonds. The van der Waals surface area contributed by atoms with E-state index in [0.717, 1.165) is 25.7 Å². The van der Waals surface area contributed by atoms with E-state index in [0.29, 0.717) is 5.41 Å². The molecule has 1 saturated carbocycles. The third-order valence-electron chi connectivity index (χ3n) is 2.89. The highest BCUT2D eigenvalue weighted by atomic mass is 32.1. The predicted octanol–water partition coefficient (Wildman–Crippen LogP) is 2.24. The lowest BCUT2D eigenvalue weighted by Gasteiger charge is -2.22. The van der Waals surface area contributed by atoms with Crippen molar-refractivity contribution in [2.75, 3.05) is 0 Å². The SMILES string of the molecule is CC1(Cc2cncs2)CCC(O)C1. The first-order valence-electron chi connectivity index (χ1n) is 4.73. The van der Waals surface area contributed by atoms with Crippen molar-refractivity contribution >= 4 is 11.3 Å². The molecule has 1 fully saturated rings. The van der Waals surface area contributed by atoms with Gasteiger partial charge < -0.3 is 5.11 Å². The monoisotopic (exact) mass is 197 g/mol. The van der Waals surface area contributed by atoms with Crippen LogP contribution in [0.25, 0.3) is 0 Å². The van der Waals surface area contributed by atoms with Crippen molar-refractivity contribution in [1.29, 1.82) is 0 Å². The van der Waals surface area contributed by atoms with Gasteiger partial charge in [0.25, 0.3) is 0 Å². The van der Waals surface area contributed by atoms with Crippen molar-refractivity contribution in [1.82, 2.24) is 4.98 Å². The van der Waals surface area contributed by atoms with Gasteiger partial charge in [0.2, 0.25) is 0 Å². The fraction of sp³-hybridized carbons (Fsp3) is 0.700. The Kier molecular flexibility index (Phi) is 2.39. The van der Waals surface area contributed by atoms with Crippen LogP contribution in [0, 0.1) is 5.41 Å². The molecule has 2 nitrogen and oxygen atoms in total. The van der Waals surface area contributed by atoms with E-state index in [1.54, 1.807) is 11.3 Å². The highest BCUT2D eigenvalue weighted by molar-refractivity contribution is 7.09. The molecule has 2 rings (SSSR count). The summed E-state index contributed by atoms with van der Waals surface area (Å²) >= 11 is 1.72. The predicted molar refractivity (Wildman–Crippen MR) is 53.8 cm³/mol. The average molecular weight is 197 g/mol. The molecule has 3 heteroatoms. The molecule has 1 aliphatic rings. The van der Waals surface area contributed by atoms with Crippen LogP contribution in [0.15, 0.2) is 11.7 Å². The summed E-state index contributed by atoms with van der Waals surface area (Å²) < 4.78 is 0. The second kappa shape index (κ2) is 3.39. The van der Waals surface area contributed by atoms with Crippen molar-refractivity contribution in [3.05, 3.63) is 16.6 Å². The van der Waals surface area contributed by atoms with Gasteiger partial charge in [0.05, 0.1) is 11.6 Å². The largest absolute Gasteiger partial charge is 0.393 e. The highest BCUT2D eigenvalue weighted by Crippen LogP contribution is 2.40. The second-order valence-corrected chi connectivity index (χ2v) is 5.32. The first kappa shape index (κ1) is 9.16. The van der Waals surface area contributed by atoms with E-state index in [1.807, 2.05) is 11.7 Å². The minimum Gasteiger partial charge on any atom is -0.393 e. The Morgan fingerprint density at radius 1 is 1.77 bits per heavy atom. The van der Waals surface area contributed by atoms with Crippen molar-refractivity contribution in [2.24, 2.45) is 5.41 Å². The Bertz CT molecular complexity index is 272. The Labute approximate surface area is 82.6 Å². The molecule has 0 saturated heterocycles. The summed E-state index contributed by atoms with van der Waals surface area (Å²) in [5, 5.41) is 9.48. The van der Waals surface area contributed by atoms with Gasteiger partial charge in [-0.2, -0.15) is 0 Å². The number of nitrogens with zero attached hydrogens (tertiary/aromatic N) is 1. The molecule has 0 bridgehead atoms. The zero-order chi connectivity index (χ0) is 9.31. The van der Waals surface area contributed by atoms with Crippen molar-refractivity contribution in [3.8, 4) is 0 Å². The summed E-state index contributed by atoms with van der Waals surface area (Å²) in [6.45, 7) is 2.27. The maximum Gasteiger partial charge on any atom is 0.0794 e. The number of hydrogen-bond acceptors (Lipinski definition) is 3. The van der Waals surface area contributed by atoms with Crippen LogP contribution in [-0.4, -0.2) is 16.2 Å². The summed E-state index contributed by atoms with van der Waals surface area (Å²) in [6, 6.07) is 0. The summed E-state index contributed by atoms with van der Waals surface area (Å²) in [6.07, 6.45) is 6.01. The molecule has 1 aromatic heterocycles. The maximum atomic E-state index is 9.48. The van der Waals surface area contributed by atoms with Gasteiger partial charge in [-0.05, 0) is 31.1 Å². The molecule has 1 N–H and O–H groups in total. The van der Waals surface area contributed by atoms with Crippen LogP contribution < -0.4 is 0 Å². The molecule has 13 heavy (non-hydrogen) atoms. The summed E-state index contributed by atoms with van der Waals surface area (Å²) in [5.41, 5.74) is 2.19. The molecule has 0 aliphatic heterocycles. The average Bonchev–Trinajstić information content (AvgIpc) is 2.62. The van der Waals surface area contributed by atoms with E-state index in [-0.39, 0.29) is 6.10 Å². The molecule has 1 heterocycles. The molecule has 0 spiro atoms. The zero-order valence-corrected chi connectivity index (χ0v) is 8.68. The van der Waals surface area contributed by atoms with E-state index in [1.165, 1.54) is 4.88 Å². The van der Waals surface area contributed by atoms with Crippen molar-refractivity contribution in [3.63, 3.8) is 0 Å². The van der Waals surface area contributed by atoms with Crippen LogP contribution in [-0.2, 0) is 6.42 Å². The van der Waals surface area contributed by atoms with Crippen molar-refractivity contribution in [2.45, 2.75) is 38.7 Å². The van der Waals surface area contributed by atoms with Crippen LogP contribution in [0.1, 0.15) is 31.1 Å². The lowest BCUT2D eigenvalue weighted by Crippen LogP contribution is -2.15. The number of aliphatic hydroxyl groups excluding tert-OH is 1. The molecular weight excluding hydrogens is 182 g/mol. The summed E-state index contributed by atoms with van der Waals surface area (Å²) in [4.78, 5) is 5.41. The minimum absolute atomic E-state index is 0.0714. The molecule has 0 radical (unpaired) electrons. The molecule has 2 atom stereocenters. The van der Waals surface area contributed by atoms with E-state index >= 15 is 0 Å². The van der Waals surface area contributed by atoms with Crippen LogP contribution in [0.5, 0.6) is 0 Å². The van der Waals surface area contributed by atoms with E-state index in [2.05, 4.69) is 11.9 Å². The lowest BCUT2D eigenvalue weighted by atomic mass is 9.85. The van der Waals surface area contributed by atoms with Crippen LogP contribution >= 0.6 is 11.3 Å². The number of thiazole rings is 1. The Morgan fingerprint density at radius 2 is 2.62 bits per heavy atom.